The van der Waals surface area contributed by atoms with Crippen LogP contribution in [0.3, 0.4) is 0 Å². The average molecular weight is 389 g/mol. The molecule has 0 aliphatic carbocycles. The molecule has 29 heavy (non-hydrogen) atoms. The second kappa shape index (κ2) is 8.06. The Morgan fingerprint density at radius 3 is 2.62 bits per heavy atom. The number of benzene rings is 2. The third-order valence-corrected chi connectivity index (χ3v) is 4.36. The fraction of sp³-hybridized carbons (Fsp3) is 0.130. The molecule has 1 aromatic heterocycles. The summed E-state index contributed by atoms with van der Waals surface area (Å²) in [5, 5.41) is 0. The van der Waals surface area contributed by atoms with Gasteiger partial charge in [-0.2, -0.15) is 0 Å². The van der Waals surface area contributed by atoms with Crippen molar-refractivity contribution in [3.63, 3.8) is 0 Å². The maximum atomic E-state index is 12.1. The van der Waals surface area contributed by atoms with Crippen molar-refractivity contribution >= 4 is 17.9 Å². The second-order valence-corrected chi connectivity index (χ2v) is 6.50. The first kappa shape index (κ1) is 18.6. The molecule has 0 amide bonds. The Morgan fingerprint density at radius 2 is 1.90 bits per heavy atom. The Balaban J connectivity index is 1.52. The molecule has 0 spiro atoms. The van der Waals surface area contributed by atoms with Crippen LogP contribution in [0.15, 0.2) is 76.0 Å². The first-order valence-electron chi connectivity index (χ1n) is 9.05. The van der Waals surface area contributed by atoms with Crippen molar-refractivity contribution in [2.75, 3.05) is 7.11 Å². The number of nitrogens with zero attached hydrogens (tertiary/aromatic N) is 1. The lowest BCUT2D eigenvalue weighted by molar-refractivity contribution is -0.130. The van der Waals surface area contributed by atoms with Crippen molar-refractivity contribution in [1.82, 2.24) is 0 Å². The first-order valence-corrected chi connectivity index (χ1v) is 9.05. The number of rotatable bonds is 6. The zero-order chi connectivity index (χ0) is 20.2. The summed E-state index contributed by atoms with van der Waals surface area (Å²) in [6, 6.07) is 16.9. The molecule has 0 fully saturated rings. The quantitative estimate of drug-likeness (QED) is 0.458. The Labute approximate surface area is 168 Å². The van der Waals surface area contributed by atoms with Gasteiger partial charge in [-0.1, -0.05) is 35.9 Å². The summed E-state index contributed by atoms with van der Waals surface area (Å²) in [5.74, 6) is 1.20. The monoisotopic (exact) mass is 389 g/mol. The molecule has 2 heterocycles. The van der Waals surface area contributed by atoms with E-state index in [1.807, 2.05) is 37.3 Å². The summed E-state index contributed by atoms with van der Waals surface area (Å²) >= 11 is 0. The van der Waals surface area contributed by atoms with Gasteiger partial charge in [0, 0.05) is 0 Å². The molecule has 1 aliphatic heterocycles. The number of aliphatic imine (C=N–C) groups is 1. The number of ether oxygens (including phenoxy) is 3. The zero-order valence-electron chi connectivity index (χ0n) is 16.0. The van der Waals surface area contributed by atoms with Gasteiger partial charge in [0.15, 0.2) is 23.0 Å². The Kier molecular flexibility index (Phi) is 5.16. The van der Waals surface area contributed by atoms with E-state index in [4.69, 9.17) is 18.6 Å². The average Bonchev–Trinajstić information content (AvgIpc) is 3.38. The minimum absolute atomic E-state index is 0.149. The highest BCUT2D eigenvalue weighted by Gasteiger charge is 2.25. The molecule has 6 heteroatoms. The predicted molar refractivity (Wildman–Crippen MR) is 108 cm³/mol. The Morgan fingerprint density at radius 1 is 1.07 bits per heavy atom. The van der Waals surface area contributed by atoms with Crippen molar-refractivity contribution in [3.8, 4) is 11.5 Å². The maximum absolute atomic E-state index is 12.1. The van der Waals surface area contributed by atoms with Crippen molar-refractivity contribution in [1.29, 1.82) is 0 Å². The summed E-state index contributed by atoms with van der Waals surface area (Å²) in [5.41, 5.74) is 3.19. The van der Waals surface area contributed by atoms with Gasteiger partial charge in [-0.05, 0) is 48.4 Å². The van der Waals surface area contributed by atoms with Gasteiger partial charge >= 0.3 is 5.97 Å². The maximum Gasteiger partial charge on any atom is 0.363 e. The molecular formula is C23H19NO5. The van der Waals surface area contributed by atoms with E-state index >= 15 is 0 Å². The third kappa shape index (κ3) is 4.21. The number of hydrogen-bond donors (Lipinski definition) is 0. The molecule has 2 aromatic carbocycles. The van der Waals surface area contributed by atoms with Crippen LogP contribution in [0.25, 0.3) is 6.08 Å². The van der Waals surface area contributed by atoms with Gasteiger partial charge in [-0.3, -0.25) is 0 Å². The van der Waals surface area contributed by atoms with Gasteiger partial charge in [-0.15, -0.1) is 0 Å². The Bertz CT molecular complexity index is 1080. The smallest absolute Gasteiger partial charge is 0.363 e. The van der Waals surface area contributed by atoms with Crippen molar-refractivity contribution in [2.45, 2.75) is 13.5 Å². The van der Waals surface area contributed by atoms with Gasteiger partial charge < -0.3 is 18.6 Å². The number of hydrogen-bond acceptors (Lipinski definition) is 6. The summed E-state index contributed by atoms with van der Waals surface area (Å²) in [7, 11) is 1.57. The minimum Gasteiger partial charge on any atom is -0.493 e. The topological polar surface area (TPSA) is 70.3 Å². The van der Waals surface area contributed by atoms with Gasteiger partial charge in [0.2, 0.25) is 0 Å². The minimum atomic E-state index is -0.532. The van der Waals surface area contributed by atoms with Crippen LogP contribution < -0.4 is 9.47 Å². The Hall–Kier alpha value is -3.80. The lowest BCUT2D eigenvalue weighted by atomic mass is 10.1. The highest BCUT2D eigenvalue weighted by atomic mass is 16.6. The van der Waals surface area contributed by atoms with Gasteiger partial charge in [-0.25, -0.2) is 9.79 Å². The van der Waals surface area contributed by atoms with E-state index in [1.54, 1.807) is 37.5 Å². The van der Waals surface area contributed by atoms with Crippen LogP contribution in [-0.4, -0.2) is 19.0 Å². The molecule has 0 bridgehead atoms. The van der Waals surface area contributed by atoms with E-state index in [0.717, 1.165) is 11.1 Å². The SMILES string of the molecule is COc1cc(/C=C2\N=C(c3ccco3)OC2=O)ccc1OCc1ccc(C)cc1. The number of methoxy groups -OCH3 is 1. The summed E-state index contributed by atoms with van der Waals surface area (Å²) in [6.07, 6.45) is 3.12. The molecule has 0 atom stereocenters. The van der Waals surface area contributed by atoms with Crippen LogP contribution in [0.4, 0.5) is 0 Å². The normalized spacial score (nSPS) is 14.6. The third-order valence-electron chi connectivity index (χ3n) is 4.36. The number of aryl methyl sites for hydroxylation is 1. The van der Waals surface area contributed by atoms with Gasteiger partial charge in [0.25, 0.3) is 5.90 Å². The summed E-state index contributed by atoms with van der Waals surface area (Å²) < 4.78 is 21.7. The highest BCUT2D eigenvalue weighted by Crippen LogP contribution is 2.30. The standard InChI is InChI=1S/C23H19NO5/c1-15-5-7-16(8-6-15)14-28-19-10-9-17(13-21(19)26-2)12-18-23(25)29-22(24-18)20-4-3-11-27-20/h3-13H,14H2,1-2H3/b18-12-. The highest BCUT2D eigenvalue weighted by molar-refractivity contribution is 6.11. The fourth-order valence-corrected chi connectivity index (χ4v) is 2.81. The van der Waals surface area contributed by atoms with Crippen LogP contribution in [0.5, 0.6) is 11.5 Å². The second-order valence-electron chi connectivity index (χ2n) is 6.50. The largest absolute Gasteiger partial charge is 0.493 e. The number of furan rings is 1. The molecule has 146 valence electrons. The van der Waals surface area contributed by atoms with Crippen LogP contribution in [0.1, 0.15) is 22.5 Å². The van der Waals surface area contributed by atoms with Crippen LogP contribution >= 0.6 is 0 Å². The van der Waals surface area contributed by atoms with Crippen LogP contribution in [-0.2, 0) is 16.1 Å². The van der Waals surface area contributed by atoms with E-state index in [1.165, 1.54) is 11.8 Å². The number of cyclic esters (lactones) is 1. The van der Waals surface area contributed by atoms with E-state index in [2.05, 4.69) is 4.99 Å². The fourth-order valence-electron chi connectivity index (χ4n) is 2.81. The lowest BCUT2D eigenvalue weighted by Gasteiger charge is -2.11. The van der Waals surface area contributed by atoms with Crippen LogP contribution in [0, 0.1) is 6.92 Å². The molecule has 1 aliphatic rings. The van der Waals surface area contributed by atoms with E-state index in [9.17, 15) is 4.79 Å². The molecule has 0 unspecified atom stereocenters. The van der Waals surface area contributed by atoms with Crippen molar-refractivity contribution in [2.24, 2.45) is 4.99 Å². The first-order chi connectivity index (χ1) is 14.1. The van der Waals surface area contributed by atoms with E-state index in [0.29, 0.717) is 23.9 Å². The molecule has 0 radical (unpaired) electrons. The predicted octanol–water partition coefficient (Wildman–Crippen LogP) is 4.52. The van der Waals surface area contributed by atoms with Crippen molar-refractivity contribution < 1.29 is 23.4 Å². The van der Waals surface area contributed by atoms with Crippen LogP contribution in [0.2, 0.25) is 0 Å². The number of carbonyl (C=O) groups is 1. The number of carbonyl (C=O) groups excluding carboxylic acids is 1. The molecule has 0 saturated carbocycles. The summed E-state index contributed by atoms with van der Waals surface area (Å²) in [6.45, 7) is 2.48. The van der Waals surface area contributed by atoms with Gasteiger partial charge in [0.1, 0.15) is 6.61 Å². The molecule has 3 aromatic rings. The lowest BCUT2D eigenvalue weighted by Crippen LogP contribution is -2.04. The molecule has 6 nitrogen and oxygen atoms in total. The van der Waals surface area contributed by atoms with E-state index in [-0.39, 0.29) is 11.6 Å². The molecule has 0 saturated heterocycles. The van der Waals surface area contributed by atoms with Crippen molar-refractivity contribution in [3.05, 3.63) is 89.0 Å². The number of esters is 1. The molecule has 0 N–H and O–H groups in total. The van der Waals surface area contributed by atoms with Gasteiger partial charge in [0.05, 0.1) is 13.4 Å². The zero-order valence-corrected chi connectivity index (χ0v) is 16.0. The molecular weight excluding hydrogens is 370 g/mol. The molecule has 4 rings (SSSR count). The summed E-state index contributed by atoms with van der Waals surface area (Å²) in [4.78, 5) is 16.3. The van der Waals surface area contributed by atoms with E-state index < -0.39 is 5.97 Å².